The predicted octanol–water partition coefficient (Wildman–Crippen LogP) is 1.09. The number of nitrogens with zero attached hydrogens (tertiary/aromatic N) is 3. The molecule has 6 heteroatoms. The minimum Gasteiger partial charge on any atom is -0.481 e. The molecule has 1 aliphatic rings. The van der Waals surface area contributed by atoms with Crippen molar-refractivity contribution < 1.29 is 14.7 Å². The largest absolute Gasteiger partial charge is 0.481 e. The van der Waals surface area contributed by atoms with Crippen molar-refractivity contribution >= 4 is 17.7 Å². The monoisotopic (exact) mass is 291 g/mol. The van der Waals surface area contributed by atoms with E-state index in [4.69, 9.17) is 5.11 Å². The molecule has 2 heterocycles. The molecule has 1 amide bonds. The van der Waals surface area contributed by atoms with Gasteiger partial charge in [0.25, 0.3) is 0 Å². The summed E-state index contributed by atoms with van der Waals surface area (Å²) in [5.74, 6) is -1.25. The number of amides is 1. The lowest BCUT2D eigenvalue weighted by Crippen LogP contribution is -2.51. The van der Waals surface area contributed by atoms with Crippen LogP contribution < -0.4 is 4.90 Å². The molecule has 1 aliphatic heterocycles. The number of carboxylic acid groups (broad SMARTS) is 1. The maximum Gasteiger partial charge on any atom is 0.307 e. The molecular formula is C15H21N3O3. The average molecular weight is 291 g/mol. The summed E-state index contributed by atoms with van der Waals surface area (Å²) in [6.07, 6.45) is 1.75. The molecule has 1 aromatic rings. The number of anilines is 1. The first-order valence-electron chi connectivity index (χ1n) is 7.18. The van der Waals surface area contributed by atoms with Gasteiger partial charge in [-0.25, -0.2) is 4.98 Å². The van der Waals surface area contributed by atoms with E-state index >= 15 is 0 Å². The number of carbonyl (C=O) groups excluding carboxylic acids is 1. The van der Waals surface area contributed by atoms with Gasteiger partial charge in [-0.2, -0.15) is 0 Å². The van der Waals surface area contributed by atoms with Gasteiger partial charge in [-0.1, -0.05) is 19.9 Å². The number of rotatable bonds is 4. The highest BCUT2D eigenvalue weighted by Gasteiger charge is 2.31. The summed E-state index contributed by atoms with van der Waals surface area (Å²) in [4.78, 5) is 31.5. The fourth-order valence-electron chi connectivity index (χ4n) is 2.41. The van der Waals surface area contributed by atoms with E-state index < -0.39 is 17.8 Å². The van der Waals surface area contributed by atoms with Crippen LogP contribution in [-0.2, 0) is 9.59 Å². The molecule has 2 rings (SSSR count). The summed E-state index contributed by atoms with van der Waals surface area (Å²) in [5, 5.41) is 9.00. The standard InChI is InChI=1S/C15H21N3O3/c1-11(12(2)15(20)21)14(19)18-9-7-17(8-10-18)13-5-3-4-6-16-13/h3-6,11-12H,7-10H2,1-2H3,(H,20,21). The van der Waals surface area contributed by atoms with Gasteiger partial charge in [0, 0.05) is 38.3 Å². The SMILES string of the molecule is CC(C(=O)O)C(C)C(=O)N1CCN(c2ccccn2)CC1. The van der Waals surface area contributed by atoms with Crippen molar-refractivity contribution in [1.29, 1.82) is 0 Å². The van der Waals surface area contributed by atoms with Crippen LogP contribution in [0.4, 0.5) is 5.82 Å². The van der Waals surface area contributed by atoms with Crippen molar-refractivity contribution in [1.82, 2.24) is 9.88 Å². The molecule has 2 unspecified atom stereocenters. The van der Waals surface area contributed by atoms with Crippen LogP contribution in [0, 0.1) is 11.8 Å². The Labute approximate surface area is 124 Å². The first kappa shape index (κ1) is 15.3. The molecule has 1 saturated heterocycles. The third kappa shape index (κ3) is 3.51. The average Bonchev–Trinajstić information content (AvgIpc) is 2.53. The Balaban J connectivity index is 1.92. The highest BCUT2D eigenvalue weighted by Crippen LogP contribution is 2.18. The van der Waals surface area contributed by atoms with Crippen molar-refractivity contribution in [3.05, 3.63) is 24.4 Å². The second kappa shape index (κ2) is 6.56. The van der Waals surface area contributed by atoms with Gasteiger partial charge >= 0.3 is 5.97 Å². The van der Waals surface area contributed by atoms with Crippen LogP contribution in [0.2, 0.25) is 0 Å². The lowest BCUT2D eigenvalue weighted by Gasteiger charge is -2.37. The summed E-state index contributed by atoms with van der Waals surface area (Å²) >= 11 is 0. The Hall–Kier alpha value is -2.11. The van der Waals surface area contributed by atoms with Gasteiger partial charge in [-0.05, 0) is 12.1 Å². The van der Waals surface area contributed by atoms with Crippen LogP contribution in [0.1, 0.15) is 13.8 Å². The minimum absolute atomic E-state index is 0.0782. The van der Waals surface area contributed by atoms with Crippen molar-refractivity contribution in [3.8, 4) is 0 Å². The second-order valence-electron chi connectivity index (χ2n) is 5.42. The number of carbonyl (C=O) groups is 2. The number of piperazine rings is 1. The van der Waals surface area contributed by atoms with E-state index in [1.54, 1.807) is 24.9 Å². The van der Waals surface area contributed by atoms with Crippen molar-refractivity contribution in [2.24, 2.45) is 11.8 Å². The lowest BCUT2D eigenvalue weighted by molar-refractivity contribution is -0.149. The zero-order valence-electron chi connectivity index (χ0n) is 12.4. The third-order valence-corrected chi connectivity index (χ3v) is 4.09. The topological polar surface area (TPSA) is 73.7 Å². The molecule has 21 heavy (non-hydrogen) atoms. The van der Waals surface area contributed by atoms with Gasteiger partial charge in [0.2, 0.25) is 5.91 Å². The number of hydrogen-bond acceptors (Lipinski definition) is 4. The molecular weight excluding hydrogens is 270 g/mol. The number of aliphatic carboxylic acids is 1. The van der Waals surface area contributed by atoms with Crippen molar-refractivity contribution in [2.75, 3.05) is 31.1 Å². The summed E-state index contributed by atoms with van der Waals surface area (Å²) in [5.41, 5.74) is 0. The van der Waals surface area contributed by atoms with Gasteiger partial charge in [0.1, 0.15) is 5.82 Å². The first-order valence-corrected chi connectivity index (χ1v) is 7.18. The maximum absolute atomic E-state index is 12.3. The predicted molar refractivity (Wildman–Crippen MR) is 79.0 cm³/mol. The summed E-state index contributed by atoms with van der Waals surface area (Å²) in [6.45, 7) is 5.91. The molecule has 1 N–H and O–H groups in total. The molecule has 0 aliphatic carbocycles. The Morgan fingerprint density at radius 1 is 1.14 bits per heavy atom. The van der Waals surface area contributed by atoms with Crippen LogP contribution in [0.5, 0.6) is 0 Å². The Bertz CT molecular complexity index is 498. The van der Waals surface area contributed by atoms with Gasteiger partial charge < -0.3 is 14.9 Å². The number of hydrogen-bond donors (Lipinski definition) is 1. The molecule has 0 bridgehead atoms. The third-order valence-electron chi connectivity index (χ3n) is 4.09. The van der Waals surface area contributed by atoms with E-state index in [9.17, 15) is 9.59 Å². The van der Waals surface area contributed by atoms with Crippen molar-refractivity contribution in [3.63, 3.8) is 0 Å². The highest BCUT2D eigenvalue weighted by atomic mass is 16.4. The summed E-state index contributed by atoms with van der Waals surface area (Å²) in [6, 6.07) is 5.77. The van der Waals surface area contributed by atoms with Crippen LogP contribution in [-0.4, -0.2) is 53.0 Å². The second-order valence-corrected chi connectivity index (χ2v) is 5.42. The molecule has 1 fully saturated rings. The van der Waals surface area contributed by atoms with E-state index in [2.05, 4.69) is 9.88 Å². The highest BCUT2D eigenvalue weighted by molar-refractivity contribution is 5.84. The fraction of sp³-hybridized carbons (Fsp3) is 0.533. The molecule has 0 saturated carbocycles. The van der Waals surface area contributed by atoms with E-state index in [0.717, 1.165) is 18.9 Å². The van der Waals surface area contributed by atoms with E-state index in [1.807, 2.05) is 18.2 Å². The smallest absolute Gasteiger partial charge is 0.307 e. The minimum atomic E-state index is -0.928. The molecule has 0 spiro atoms. The summed E-state index contributed by atoms with van der Waals surface area (Å²) < 4.78 is 0. The molecule has 6 nitrogen and oxygen atoms in total. The quantitative estimate of drug-likeness (QED) is 0.899. The van der Waals surface area contributed by atoms with Crippen molar-refractivity contribution in [2.45, 2.75) is 13.8 Å². The fourth-order valence-corrected chi connectivity index (χ4v) is 2.41. The number of carboxylic acids is 1. The van der Waals surface area contributed by atoms with E-state index in [-0.39, 0.29) is 5.91 Å². The van der Waals surface area contributed by atoms with E-state index in [1.165, 1.54) is 0 Å². The Morgan fingerprint density at radius 3 is 2.33 bits per heavy atom. The Kier molecular flexibility index (Phi) is 4.77. The van der Waals surface area contributed by atoms with Crippen LogP contribution in [0.25, 0.3) is 0 Å². The van der Waals surface area contributed by atoms with Crippen LogP contribution in [0.3, 0.4) is 0 Å². The maximum atomic E-state index is 12.3. The summed E-state index contributed by atoms with van der Waals surface area (Å²) in [7, 11) is 0. The normalized spacial score (nSPS) is 18.2. The van der Waals surface area contributed by atoms with Gasteiger partial charge in [0.15, 0.2) is 0 Å². The molecule has 2 atom stereocenters. The number of aromatic nitrogens is 1. The van der Waals surface area contributed by atoms with E-state index in [0.29, 0.717) is 13.1 Å². The molecule has 0 radical (unpaired) electrons. The van der Waals surface area contributed by atoms with Gasteiger partial charge in [-0.3, -0.25) is 9.59 Å². The number of pyridine rings is 1. The zero-order valence-corrected chi connectivity index (χ0v) is 12.4. The Morgan fingerprint density at radius 2 is 1.81 bits per heavy atom. The van der Waals surface area contributed by atoms with Gasteiger partial charge in [0.05, 0.1) is 5.92 Å². The van der Waals surface area contributed by atoms with Crippen LogP contribution >= 0.6 is 0 Å². The zero-order chi connectivity index (χ0) is 15.4. The molecule has 0 aromatic carbocycles. The first-order chi connectivity index (χ1) is 10.0. The van der Waals surface area contributed by atoms with Gasteiger partial charge in [-0.15, -0.1) is 0 Å². The molecule has 1 aromatic heterocycles. The van der Waals surface area contributed by atoms with Crippen LogP contribution in [0.15, 0.2) is 24.4 Å². The molecule has 114 valence electrons. The lowest BCUT2D eigenvalue weighted by atomic mass is 9.94.